The summed E-state index contributed by atoms with van der Waals surface area (Å²) in [5, 5.41) is 3.30. The number of rotatable bonds is 2. The van der Waals surface area contributed by atoms with Crippen LogP contribution < -0.4 is 5.32 Å². The van der Waals surface area contributed by atoms with E-state index in [4.69, 9.17) is 4.74 Å². The Morgan fingerprint density at radius 1 is 1.50 bits per heavy atom. The largest absolute Gasteiger partial charge is 0.462 e. The van der Waals surface area contributed by atoms with Gasteiger partial charge in [0.2, 0.25) is 0 Å². The second-order valence-corrected chi connectivity index (χ2v) is 4.10. The molecule has 0 aliphatic carbocycles. The summed E-state index contributed by atoms with van der Waals surface area (Å²) in [6.07, 6.45) is 2.16. The summed E-state index contributed by atoms with van der Waals surface area (Å²) in [4.78, 5) is 11.8. The van der Waals surface area contributed by atoms with Crippen molar-refractivity contribution in [2.24, 2.45) is 0 Å². The highest BCUT2D eigenvalue weighted by Gasteiger charge is 2.18. The monoisotopic (exact) mass is 219 g/mol. The molecule has 0 amide bonds. The van der Waals surface area contributed by atoms with E-state index >= 15 is 0 Å². The molecule has 1 heterocycles. The van der Waals surface area contributed by atoms with E-state index in [1.165, 1.54) is 5.56 Å². The second-order valence-electron chi connectivity index (χ2n) is 4.10. The molecule has 0 atom stereocenters. The molecule has 0 fully saturated rings. The van der Waals surface area contributed by atoms with Crippen molar-refractivity contribution in [2.75, 3.05) is 18.5 Å². The standard InChI is InChI=1S/C13H17NO2/c1-3-16-13(15)11-8-9(2)7-10-5-4-6-14-12(10)11/h7-8,14H,3-6H2,1-2H3. The van der Waals surface area contributed by atoms with E-state index in [2.05, 4.69) is 11.4 Å². The van der Waals surface area contributed by atoms with Gasteiger partial charge in [-0.25, -0.2) is 4.79 Å². The van der Waals surface area contributed by atoms with E-state index < -0.39 is 0 Å². The molecule has 86 valence electrons. The van der Waals surface area contributed by atoms with Gasteiger partial charge in [-0.3, -0.25) is 0 Å². The van der Waals surface area contributed by atoms with Crippen molar-refractivity contribution in [3.63, 3.8) is 0 Å². The van der Waals surface area contributed by atoms with Crippen molar-refractivity contribution in [3.05, 3.63) is 28.8 Å². The van der Waals surface area contributed by atoms with Crippen LogP contribution >= 0.6 is 0 Å². The summed E-state index contributed by atoms with van der Waals surface area (Å²) in [5.74, 6) is -0.225. The van der Waals surface area contributed by atoms with Gasteiger partial charge >= 0.3 is 5.97 Å². The first kappa shape index (κ1) is 11.0. The molecule has 2 rings (SSSR count). The number of hydrogen-bond acceptors (Lipinski definition) is 3. The van der Waals surface area contributed by atoms with E-state index in [0.29, 0.717) is 12.2 Å². The van der Waals surface area contributed by atoms with Crippen molar-refractivity contribution in [1.82, 2.24) is 0 Å². The fourth-order valence-corrected chi connectivity index (χ4v) is 2.13. The van der Waals surface area contributed by atoms with Crippen molar-refractivity contribution in [2.45, 2.75) is 26.7 Å². The minimum absolute atomic E-state index is 0.225. The SMILES string of the molecule is CCOC(=O)c1cc(C)cc2c1NCCC2. The molecule has 0 spiro atoms. The van der Waals surface area contributed by atoms with Gasteiger partial charge in [-0.05, 0) is 43.9 Å². The maximum Gasteiger partial charge on any atom is 0.340 e. The Hall–Kier alpha value is -1.51. The minimum Gasteiger partial charge on any atom is -0.462 e. The smallest absolute Gasteiger partial charge is 0.340 e. The van der Waals surface area contributed by atoms with Crippen LogP contribution in [-0.2, 0) is 11.2 Å². The van der Waals surface area contributed by atoms with Crippen LogP contribution in [0.15, 0.2) is 12.1 Å². The topological polar surface area (TPSA) is 38.3 Å². The maximum absolute atomic E-state index is 11.8. The number of nitrogens with one attached hydrogen (secondary N) is 1. The number of carbonyl (C=O) groups is 1. The third-order valence-electron chi connectivity index (χ3n) is 2.78. The molecule has 1 aliphatic rings. The molecule has 1 aromatic carbocycles. The third-order valence-corrected chi connectivity index (χ3v) is 2.78. The summed E-state index contributed by atoms with van der Waals surface area (Å²) in [6, 6.07) is 4.04. The number of benzene rings is 1. The lowest BCUT2D eigenvalue weighted by molar-refractivity contribution is 0.0527. The Bertz CT molecular complexity index is 413. The number of aryl methyl sites for hydroxylation is 2. The molecule has 0 unspecified atom stereocenters. The molecule has 1 N–H and O–H groups in total. The van der Waals surface area contributed by atoms with E-state index in [9.17, 15) is 4.79 Å². The van der Waals surface area contributed by atoms with E-state index in [-0.39, 0.29) is 5.97 Å². The van der Waals surface area contributed by atoms with Crippen molar-refractivity contribution in [1.29, 1.82) is 0 Å². The third kappa shape index (κ3) is 2.03. The first-order chi connectivity index (χ1) is 7.72. The van der Waals surface area contributed by atoms with Gasteiger partial charge < -0.3 is 10.1 Å². The Balaban J connectivity index is 2.43. The lowest BCUT2D eigenvalue weighted by Gasteiger charge is -2.21. The zero-order chi connectivity index (χ0) is 11.5. The number of carbonyl (C=O) groups excluding carboxylic acids is 1. The van der Waals surface area contributed by atoms with Crippen LogP contribution in [0, 0.1) is 6.92 Å². The van der Waals surface area contributed by atoms with Crippen LogP contribution in [0.1, 0.15) is 34.8 Å². The molecule has 0 aromatic heterocycles. The highest BCUT2D eigenvalue weighted by molar-refractivity contribution is 5.97. The minimum atomic E-state index is -0.225. The Kier molecular flexibility index (Phi) is 3.13. The lowest BCUT2D eigenvalue weighted by atomic mass is 9.97. The van der Waals surface area contributed by atoms with Gasteiger partial charge in [0.25, 0.3) is 0 Å². The van der Waals surface area contributed by atoms with E-state index in [0.717, 1.165) is 30.6 Å². The Morgan fingerprint density at radius 2 is 2.31 bits per heavy atom. The number of anilines is 1. The lowest BCUT2D eigenvalue weighted by Crippen LogP contribution is -2.17. The second kappa shape index (κ2) is 4.56. The average Bonchev–Trinajstić information content (AvgIpc) is 2.28. The molecule has 0 saturated heterocycles. The van der Waals surface area contributed by atoms with Crippen molar-refractivity contribution >= 4 is 11.7 Å². The van der Waals surface area contributed by atoms with Gasteiger partial charge in [0.1, 0.15) is 0 Å². The molecule has 1 aromatic rings. The highest BCUT2D eigenvalue weighted by Crippen LogP contribution is 2.28. The Labute approximate surface area is 95.8 Å². The van der Waals surface area contributed by atoms with Gasteiger partial charge in [0, 0.05) is 6.54 Å². The predicted octanol–water partition coefficient (Wildman–Crippen LogP) is 2.53. The van der Waals surface area contributed by atoms with Gasteiger partial charge in [-0.15, -0.1) is 0 Å². The summed E-state index contributed by atoms with van der Waals surface area (Å²) >= 11 is 0. The van der Waals surface area contributed by atoms with Crippen LogP contribution in [0.25, 0.3) is 0 Å². The quantitative estimate of drug-likeness (QED) is 0.777. The molecule has 1 aliphatic heterocycles. The molecule has 0 saturated carbocycles. The molecule has 16 heavy (non-hydrogen) atoms. The Morgan fingerprint density at radius 3 is 3.06 bits per heavy atom. The number of ether oxygens (including phenoxy) is 1. The van der Waals surface area contributed by atoms with Crippen LogP contribution in [-0.4, -0.2) is 19.1 Å². The molecule has 3 nitrogen and oxygen atoms in total. The van der Waals surface area contributed by atoms with Crippen molar-refractivity contribution in [3.8, 4) is 0 Å². The van der Waals surface area contributed by atoms with Gasteiger partial charge in [-0.2, -0.15) is 0 Å². The van der Waals surface area contributed by atoms with Crippen molar-refractivity contribution < 1.29 is 9.53 Å². The van der Waals surface area contributed by atoms with Crippen LogP contribution in [0.3, 0.4) is 0 Å². The van der Waals surface area contributed by atoms with E-state index in [1.807, 2.05) is 19.9 Å². The normalized spacial score (nSPS) is 13.9. The van der Waals surface area contributed by atoms with E-state index in [1.54, 1.807) is 0 Å². The average molecular weight is 219 g/mol. The maximum atomic E-state index is 11.8. The fraction of sp³-hybridized carbons (Fsp3) is 0.462. The summed E-state index contributed by atoms with van der Waals surface area (Å²) in [5.41, 5.74) is 3.99. The fourth-order valence-electron chi connectivity index (χ4n) is 2.13. The molecule has 0 radical (unpaired) electrons. The zero-order valence-electron chi connectivity index (χ0n) is 9.80. The first-order valence-electron chi connectivity index (χ1n) is 5.77. The number of hydrogen-bond donors (Lipinski definition) is 1. The summed E-state index contributed by atoms with van der Waals surface area (Å²) in [6.45, 7) is 5.19. The summed E-state index contributed by atoms with van der Waals surface area (Å²) < 4.78 is 5.07. The van der Waals surface area contributed by atoms with Crippen LogP contribution in [0.4, 0.5) is 5.69 Å². The first-order valence-corrected chi connectivity index (χ1v) is 5.77. The zero-order valence-corrected chi connectivity index (χ0v) is 9.80. The summed E-state index contributed by atoms with van der Waals surface area (Å²) in [7, 11) is 0. The molecule has 0 bridgehead atoms. The van der Waals surface area contributed by atoms with Crippen LogP contribution in [0.2, 0.25) is 0 Å². The molecule has 3 heteroatoms. The highest BCUT2D eigenvalue weighted by atomic mass is 16.5. The molecular weight excluding hydrogens is 202 g/mol. The van der Waals surface area contributed by atoms with Gasteiger partial charge in [0.15, 0.2) is 0 Å². The number of fused-ring (bicyclic) bond motifs is 1. The number of esters is 1. The van der Waals surface area contributed by atoms with Gasteiger partial charge in [0.05, 0.1) is 17.9 Å². The predicted molar refractivity (Wildman–Crippen MR) is 63.9 cm³/mol. The van der Waals surface area contributed by atoms with Gasteiger partial charge in [-0.1, -0.05) is 6.07 Å². The molecular formula is C13H17NO2. The van der Waals surface area contributed by atoms with Crippen LogP contribution in [0.5, 0.6) is 0 Å².